The molecule has 3 aromatic rings. The molecule has 0 bridgehead atoms. The molecular formula is C19H16ClFN2O. The van der Waals surface area contributed by atoms with Gasteiger partial charge in [-0.1, -0.05) is 35.9 Å². The molecule has 24 heavy (non-hydrogen) atoms. The van der Waals surface area contributed by atoms with Gasteiger partial charge >= 0.3 is 0 Å². The molecule has 1 aromatic heterocycles. The Morgan fingerprint density at radius 1 is 1.08 bits per heavy atom. The van der Waals surface area contributed by atoms with E-state index in [4.69, 9.17) is 11.6 Å². The van der Waals surface area contributed by atoms with Crippen molar-refractivity contribution in [1.82, 2.24) is 9.88 Å². The molecule has 1 aliphatic rings. The summed E-state index contributed by atoms with van der Waals surface area (Å²) >= 11 is 6.04. The van der Waals surface area contributed by atoms with Gasteiger partial charge < -0.3 is 9.88 Å². The van der Waals surface area contributed by atoms with E-state index >= 15 is 0 Å². The van der Waals surface area contributed by atoms with E-state index in [-0.39, 0.29) is 16.5 Å². The standard InChI is InChI=1S/C19H16ClFN2O/c20-14-5-3-6-15(21)18(14)19(24)23-10-8-13-12-4-1-2-7-16(12)22-17(13)9-11-23/h1-7,22H,8-11H2. The third-order valence-electron chi connectivity index (χ3n) is 4.63. The second-order valence-electron chi connectivity index (χ2n) is 6.02. The number of aromatic amines is 1. The van der Waals surface area contributed by atoms with Crippen LogP contribution in [0.15, 0.2) is 42.5 Å². The minimum Gasteiger partial charge on any atom is -0.358 e. The summed E-state index contributed by atoms with van der Waals surface area (Å²) in [7, 11) is 0. The molecule has 4 rings (SSSR count). The first-order valence-corrected chi connectivity index (χ1v) is 8.34. The largest absolute Gasteiger partial charge is 0.358 e. The maximum atomic E-state index is 14.0. The number of rotatable bonds is 1. The maximum absolute atomic E-state index is 14.0. The van der Waals surface area contributed by atoms with Crippen molar-refractivity contribution < 1.29 is 9.18 Å². The lowest BCUT2D eigenvalue weighted by atomic mass is 10.1. The molecule has 0 saturated carbocycles. The van der Waals surface area contributed by atoms with Crippen LogP contribution in [0.5, 0.6) is 0 Å². The van der Waals surface area contributed by atoms with Gasteiger partial charge in [-0.25, -0.2) is 4.39 Å². The topological polar surface area (TPSA) is 36.1 Å². The van der Waals surface area contributed by atoms with Crippen molar-refractivity contribution in [2.75, 3.05) is 13.1 Å². The summed E-state index contributed by atoms with van der Waals surface area (Å²) < 4.78 is 14.0. The Kier molecular flexibility index (Phi) is 3.77. The Balaban J connectivity index is 1.63. The van der Waals surface area contributed by atoms with Gasteiger partial charge in [0.1, 0.15) is 5.82 Å². The number of H-pyrrole nitrogens is 1. The van der Waals surface area contributed by atoms with Gasteiger partial charge in [-0.05, 0) is 30.2 Å². The number of nitrogens with zero attached hydrogens (tertiary/aromatic N) is 1. The van der Waals surface area contributed by atoms with Crippen molar-refractivity contribution in [2.24, 2.45) is 0 Å². The summed E-state index contributed by atoms with van der Waals surface area (Å²) in [6, 6.07) is 12.5. The first-order valence-electron chi connectivity index (χ1n) is 7.97. The monoisotopic (exact) mass is 342 g/mol. The zero-order valence-corrected chi connectivity index (χ0v) is 13.7. The summed E-state index contributed by atoms with van der Waals surface area (Å²) in [6.07, 6.45) is 1.47. The Bertz CT molecular complexity index is 914. The number of amides is 1. The molecule has 1 amide bonds. The predicted molar refractivity (Wildman–Crippen MR) is 93.0 cm³/mol. The summed E-state index contributed by atoms with van der Waals surface area (Å²) in [5.41, 5.74) is 3.50. The molecule has 122 valence electrons. The number of hydrogen-bond donors (Lipinski definition) is 1. The maximum Gasteiger partial charge on any atom is 0.258 e. The fourth-order valence-corrected chi connectivity index (χ4v) is 3.67. The van der Waals surface area contributed by atoms with Gasteiger partial charge in [-0.2, -0.15) is 0 Å². The molecule has 0 atom stereocenters. The molecule has 1 aliphatic heterocycles. The molecule has 2 heterocycles. The summed E-state index contributed by atoms with van der Waals surface area (Å²) in [5, 5.41) is 1.36. The molecule has 1 N–H and O–H groups in total. The third kappa shape index (κ3) is 2.47. The molecule has 0 aliphatic carbocycles. The summed E-state index contributed by atoms with van der Waals surface area (Å²) in [6.45, 7) is 1.10. The van der Waals surface area contributed by atoms with Crippen molar-refractivity contribution in [3.63, 3.8) is 0 Å². The van der Waals surface area contributed by atoms with Crippen molar-refractivity contribution in [3.8, 4) is 0 Å². The molecular weight excluding hydrogens is 327 g/mol. The molecule has 0 radical (unpaired) electrons. The SMILES string of the molecule is O=C(c1c(F)cccc1Cl)N1CCc2[nH]c3ccccc3c2CC1. The van der Waals surface area contributed by atoms with Crippen LogP contribution in [0.2, 0.25) is 5.02 Å². The lowest BCUT2D eigenvalue weighted by Gasteiger charge is -2.21. The lowest BCUT2D eigenvalue weighted by molar-refractivity contribution is 0.0758. The number of hydrogen-bond acceptors (Lipinski definition) is 1. The van der Waals surface area contributed by atoms with E-state index in [9.17, 15) is 9.18 Å². The van der Waals surface area contributed by atoms with Crippen LogP contribution in [-0.2, 0) is 12.8 Å². The van der Waals surface area contributed by atoms with E-state index in [0.29, 0.717) is 13.1 Å². The fourth-order valence-electron chi connectivity index (χ4n) is 3.42. The zero-order valence-electron chi connectivity index (χ0n) is 13.0. The highest BCUT2D eigenvalue weighted by Gasteiger charge is 2.25. The average Bonchev–Trinajstić information content (AvgIpc) is 2.79. The lowest BCUT2D eigenvalue weighted by Crippen LogP contribution is -2.34. The number of nitrogens with one attached hydrogen (secondary N) is 1. The van der Waals surface area contributed by atoms with Crippen molar-refractivity contribution >= 4 is 28.4 Å². The van der Waals surface area contributed by atoms with Gasteiger partial charge in [0.05, 0.1) is 10.6 Å². The van der Waals surface area contributed by atoms with E-state index in [1.807, 2.05) is 12.1 Å². The number of carbonyl (C=O) groups is 1. The summed E-state index contributed by atoms with van der Waals surface area (Å²) in [4.78, 5) is 17.8. The Morgan fingerprint density at radius 3 is 2.71 bits per heavy atom. The highest BCUT2D eigenvalue weighted by molar-refractivity contribution is 6.33. The Labute approximate surface area is 144 Å². The first-order chi connectivity index (χ1) is 11.6. The van der Waals surface area contributed by atoms with Gasteiger partial charge in [0, 0.05) is 36.1 Å². The normalized spacial score (nSPS) is 14.5. The molecule has 2 aromatic carbocycles. The van der Waals surface area contributed by atoms with E-state index < -0.39 is 5.82 Å². The van der Waals surface area contributed by atoms with E-state index in [2.05, 4.69) is 17.1 Å². The number of para-hydroxylation sites is 1. The highest BCUT2D eigenvalue weighted by Crippen LogP contribution is 2.27. The third-order valence-corrected chi connectivity index (χ3v) is 4.94. The minimum atomic E-state index is -0.569. The van der Waals surface area contributed by atoms with Gasteiger partial charge in [0.2, 0.25) is 0 Å². The molecule has 0 fully saturated rings. The van der Waals surface area contributed by atoms with Crippen LogP contribution in [0.3, 0.4) is 0 Å². The number of aromatic nitrogens is 1. The zero-order chi connectivity index (χ0) is 16.7. The number of halogens is 2. The van der Waals surface area contributed by atoms with Crippen molar-refractivity contribution in [2.45, 2.75) is 12.8 Å². The van der Waals surface area contributed by atoms with E-state index in [1.165, 1.54) is 23.1 Å². The average molecular weight is 343 g/mol. The molecule has 3 nitrogen and oxygen atoms in total. The highest BCUT2D eigenvalue weighted by atomic mass is 35.5. The van der Waals surface area contributed by atoms with Gasteiger partial charge in [-0.3, -0.25) is 4.79 Å². The fraction of sp³-hybridized carbons (Fsp3) is 0.211. The number of carbonyl (C=O) groups excluding carboxylic acids is 1. The predicted octanol–water partition coefficient (Wildman–Crippen LogP) is 4.20. The first kappa shape index (κ1) is 15.2. The minimum absolute atomic E-state index is 0.0328. The summed E-state index contributed by atoms with van der Waals surface area (Å²) in [5.74, 6) is -0.909. The smallest absolute Gasteiger partial charge is 0.258 e. The van der Waals surface area contributed by atoms with E-state index in [1.54, 1.807) is 11.0 Å². The molecule has 0 saturated heterocycles. The van der Waals surface area contributed by atoms with Crippen molar-refractivity contribution in [3.05, 3.63) is 70.1 Å². The van der Waals surface area contributed by atoms with Crippen LogP contribution in [0.4, 0.5) is 4.39 Å². The molecule has 5 heteroatoms. The second kappa shape index (κ2) is 5.95. The van der Waals surface area contributed by atoms with Crippen LogP contribution in [0, 0.1) is 5.82 Å². The quantitative estimate of drug-likeness (QED) is 0.707. The van der Waals surface area contributed by atoms with E-state index in [0.717, 1.165) is 24.1 Å². The molecule has 0 unspecified atom stereocenters. The number of benzene rings is 2. The van der Waals surface area contributed by atoms with Crippen molar-refractivity contribution in [1.29, 1.82) is 0 Å². The van der Waals surface area contributed by atoms with Gasteiger partial charge in [-0.15, -0.1) is 0 Å². The Hall–Kier alpha value is -2.33. The van der Waals surface area contributed by atoms with Gasteiger partial charge in [0.25, 0.3) is 5.91 Å². The van der Waals surface area contributed by atoms with Crippen LogP contribution < -0.4 is 0 Å². The molecule has 0 spiro atoms. The van der Waals surface area contributed by atoms with Crippen LogP contribution >= 0.6 is 11.6 Å². The number of fused-ring (bicyclic) bond motifs is 3. The van der Waals surface area contributed by atoms with Crippen LogP contribution in [0.1, 0.15) is 21.6 Å². The van der Waals surface area contributed by atoms with Gasteiger partial charge in [0.15, 0.2) is 0 Å². The second-order valence-corrected chi connectivity index (χ2v) is 6.42. The Morgan fingerprint density at radius 2 is 1.88 bits per heavy atom. The van der Waals surface area contributed by atoms with Crippen LogP contribution in [-0.4, -0.2) is 28.9 Å². The van der Waals surface area contributed by atoms with Crippen LogP contribution in [0.25, 0.3) is 10.9 Å².